The van der Waals surface area contributed by atoms with Crippen LogP contribution in [0.1, 0.15) is 38.8 Å². The van der Waals surface area contributed by atoms with Crippen LogP contribution in [0.2, 0.25) is 0 Å². The molecule has 35 heavy (non-hydrogen) atoms. The van der Waals surface area contributed by atoms with E-state index in [2.05, 4.69) is 116 Å². The smallest absolute Gasteiger partial charge is 0.351 e. The van der Waals surface area contributed by atoms with E-state index in [1.807, 2.05) is 0 Å². The molecule has 6 nitrogen and oxygen atoms in total. The first-order valence-corrected chi connectivity index (χ1v) is 11.9. The Morgan fingerprint density at radius 3 is 1.71 bits per heavy atom. The van der Waals surface area contributed by atoms with Crippen molar-refractivity contribution < 1.29 is 24.4 Å². The number of hydrogen-bond donors (Lipinski definition) is 1. The first-order valence-electron chi connectivity index (χ1n) is 11.9. The molecule has 1 aliphatic rings. The fourth-order valence-electron chi connectivity index (χ4n) is 3.96. The van der Waals surface area contributed by atoms with Gasteiger partial charge in [0, 0.05) is 30.9 Å². The van der Waals surface area contributed by atoms with Gasteiger partial charge < -0.3 is 19.9 Å². The number of carbonyl (C=O) groups excluding carboxylic acids is 1. The third-order valence-electron chi connectivity index (χ3n) is 5.81. The third kappa shape index (κ3) is 7.54. The second-order valence-corrected chi connectivity index (χ2v) is 7.77. The number of anilines is 1. The molecule has 0 aromatic heterocycles. The maximum atomic E-state index is 9.04. The zero-order valence-electron chi connectivity index (χ0n) is 20.9. The fraction of sp³-hybridized carbons (Fsp3) is 0.276. The van der Waals surface area contributed by atoms with Crippen LogP contribution in [0.3, 0.4) is 0 Å². The summed E-state index contributed by atoms with van der Waals surface area (Å²) >= 11 is 0. The van der Waals surface area contributed by atoms with Gasteiger partial charge in [-0.05, 0) is 74.3 Å². The lowest BCUT2D eigenvalue weighted by molar-refractivity contribution is -0.519. The highest BCUT2D eigenvalue weighted by molar-refractivity contribution is 6.26. The average Bonchev–Trinajstić information content (AvgIpc) is 2.88. The van der Waals surface area contributed by atoms with Crippen LogP contribution in [-0.2, 0) is 9.59 Å². The number of carboxylic acids is 2. The van der Waals surface area contributed by atoms with Crippen LogP contribution in [0.25, 0.3) is 5.57 Å². The van der Waals surface area contributed by atoms with Crippen LogP contribution in [0.5, 0.6) is 0 Å². The molecule has 0 saturated carbocycles. The number of benzene rings is 2. The number of allylic oxidation sites excluding steroid dienone is 5. The largest absolute Gasteiger partial charge is 0.539 e. The Labute approximate surface area is 207 Å². The highest BCUT2D eigenvalue weighted by Crippen LogP contribution is 2.31. The van der Waals surface area contributed by atoms with E-state index >= 15 is 0 Å². The molecule has 0 fully saturated rings. The van der Waals surface area contributed by atoms with E-state index in [0.717, 1.165) is 26.2 Å². The van der Waals surface area contributed by atoms with E-state index in [-0.39, 0.29) is 0 Å². The Morgan fingerprint density at radius 2 is 1.29 bits per heavy atom. The molecule has 0 saturated heterocycles. The molecule has 0 spiro atoms. The van der Waals surface area contributed by atoms with Crippen molar-refractivity contribution in [2.45, 2.75) is 27.7 Å². The van der Waals surface area contributed by atoms with Gasteiger partial charge in [-0.15, -0.1) is 0 Å². The molecule has 6 heteroatoms. The van der Waals surface area contributed by atoms with Gasteiger partial charge >= 0.3 is 5.97 Å². The predicted octanol–water partition coefficient (Wildman–Crippen LogP) is 3.77. The van der Waals surface area contributed by atoms with Crippen molar-refractivity contribution in [3.8, 4) is 0 Å². The molecule has 0 radical (unpaired) electrons. The van der Waals surface area contributed by atoms with Crippen LogP contribution in [0.15, 0.2) is 84.5 Å². The van der Waals surface area contributed by atoms with Crippen molar-refractivity contribution in [3.05, 3.63) is 95.6 Å². The maximum absolute atomic E-state index is 9.04. The first-order chi connectivity index (χ1) is 16.9. The summed E-state index contributed by atoms with van der Waals surface area (Å²) in [5, 5.41) is 16.3. The topological polar surface area (TPSA) is 83.7 Å². The first kappa shape index (κ1) is 27.3. The molecular formula is C29H34N2O4. The Kier molecular flexibility index (Phi) is 10.7. The summed E-state index contributed by atoms with van der Waals surface area (Å²) in [5.41, 5.74) is 7.60. The van der Waals surface area contributed by atoms with Gasteiger partial charge in [0.05, 0.1) is 0 Å². The number of rotatable bonds is 7. The van der Waals surface area contributed by atoms with Gasteiger partial charge in [-0.1, -0.05) is 42.5 Å². The van der Waals surface area contributed by atoms with E-state index in [1.54, 1.807) is 0 Å². The molecule has 2 aromatic rings. The molecule has 0 amide bonds. The summed E-state index contributed by atoms with van der Waals surface area (Å²) in [5.74, 6) is -4.01. The summed E-state index contributed by atoms with van der Waals surface area (Å²) in [6, 6.07) is 19.7. The van der Waals surface area contributed by atoms with Crippen molar-refractivity contribution in [2.24, 2.45) is 0 Å². The fourth-order valence-corrected chi connectivity index (χ4v) is 3.96. The van der Waals surface area contributed by atoms with Gasteiger partial charge in [-0.3, -0.25) is 0 Å². The minimum atomic E-state index is -2.07. The molecule has 0 aliphatic heterocycles. The van der Waals surface area contributed by atoms with Crippen molar-refractivity contribution >= 4 is 28.9 Å². The van der Waals surface area contributed by atoms with Crippen LogP contribution in [-0.4, -0.2) is 53.5 Å². The van der Waals surface area contributed by atoms with E-state index in [4.69, 9.17) is 19.8 Å². The van der Waals surface area contributed by atoms with Gasteiger partial charge in [0.1, 0.15) is 13.1 Å². The number of hydrogen-bond acceptors (Lipinski definition) is 4. The highest BCUT2D eigenvalue weighted by Gasteiger charge is 2.14. The van der Waals surface area contributed by atoms with Crippen LogP contribution in [0, 0.1) is 0 Å². The second kappa shape index (κ2) is 13.7. The van der Waals surface area contributed by atoms with Gasteiger partial charge in [0.2, 0.25) is 0 Å². The Bertz CT molecular complexity index is 1090. The average molecular weight is 475 g/mol. The lowest BCUT2D eigenvalue weighted by Gasteiger charge is -2.22. The summed E-state index contributed by atoms with van der Waals surface area (Å²) in [6.45, 7) is 12.9. The molecule has 1 N–H and O–H groups in total. The van der Waals surface area contributed by atoms with Crippen molar-refractivity contribution in [2.75, 3.05) is 31.1 Å². The zero-order chi connectivity index (χ0) is 25.8. The van der Waals surface area contributed by atoms with Gasteiger partial charge in [0.15, 0.2) is 11.7 Å². The minimum absolute atomic E-state index is 1.03. The molecule has 0 heterocycles. The Balaban J connectivity index is 0.000000641. The third-order valence-corrected chi connectivity index (χ3v) is 5.81. The highest BCUT2D eigenvalue weighted by atomic mass is 16.4. The molecule has 2 aromatic carbocycles. The molecule has 0 unspecified atom stereocenters. The van der Waals surface area contributed by atoms with E-state index in [9.17, 15) is 0 Å². The van der Waals surface area contributed by atoms with Gasteiger partial charge in [-0.2, -0.15) is 0 Å². The molecule has 0 bridgehead atoms. The van der Waals surface area contributed by atoms with Crippen LogP contribution >= 0.6 is 0 Å². The molecule has 3 rings (SSSR count). The quantitative estimate of drug-likeness (QED) is 0.488. The van der Waals surface area contributed by atoms with Gasteiger partial charge in [0.25, 0.3) is 0 Å². The van der Waals surface area contributed by atoms with Crippen molar-refractivity contribution in [1.29, 1.82) is 0 Å². The lowest BCUT2D eigenvalue weighted by Crippen LogP contribution is -2.30. The number of aliphatic carboxylic acids is 2. The van der Waals surface area contributed by atoms with E-state index in [1.165, 1.54) is 33.7 Å². The second-order valence-electron chi connectivity index (χ2n) is 7.77. The zero-order valence-corrected chi connectivity index (χ0v) is 20.9. The molecule has 1 aliphatic carbocycles. The van der Waals surface area contributed by atoms with Crippen LogP contribution < -0.4 is 10.0 Å². The number of carbonyl (C=O) groups is 2. The molecule has 184 valence electrons. The molecular weight excluding hydrogens is 440 g/mol. The summed E-state index contributed by atoms with van der Waals surface area (Å²) in [7, 11) is 0. The summed E-state index contributed by atoms with van der Waals surface area (Å²) in [4.78, 5) is 20.4. The Morgan fingerprint density at radius 1 is 0.800 bits per heavy atom. The van der Waals surface area contributed by atoms with Gasteiger partial charge in [-0.25, -0.2) is 9.37 Å². The Hall–Kier alpha value is -3.93. The standard InChI is InChI=1S/C27H33N2.C2H2O4/c1-5-28(6-2)25-18-14-23(15-19-25)27(22-12-10-9-11-13-22)24-16-20-26(21-17-24)29(7-3)8-4;3-1(4)2(5)6/h9-21H,5-8H2,1-4H3;(H,3,4)(H,5,6)/q+1;/p-1. The SMILES string of the molecule is CCN(CC)c1ccc(C(=C2C=CC(=[N+](CC)CC)C=C2)c2ccccc2)cc1.O=C([O-])C(=O)O. The predicted molar refractivity (Wildman–Crippen MR) is 140 cm³/mol. The lowest BCUT2D eigenvalue weighted by atomic mass is 9.90. The maximum Gasteiger partial charge on any atom is 0.351 e. The summed E-state index contributed by atoms with van der Waals surface area (Å²) in [6.07, 6.45) is 9.01. The monoisotopic (exact) mass is 474 g/mol. The van der Waals surface area contributed by atoms with E-state index < -0.39 is 11.9 Å². The normalized spacial score (nSPS) is 12.0. The van der Waals surface area contributed by atoms with Crippen molar-refractivity contribution in [3.63, 3.8) is 0 Å². The van der Waals surface area contributed by atoms with Crippen molar-refractivity contribution in [1.82, 2.24) is 0 Å². The molecule has 0 atom stereocenters. The number of carboxylic acid groups (broad SMARTS) is 2. The number of nitrogens with zero attached hydrogens (tertiary/aromatic N) is 2. The minimum Gasteiger partial charge on any atom is -0.539 e. The van der Waals surface area contributed by atoms with Crippen LogP contribution in [0.4, 0.5) is 5.69 Å². The summed E-state index contributed by atoms with van der Waals surface area (Å²) < 4.78 is 2.38. The van der Waals surface area contributed by atoms with E-state index in [0.29, 0.717) is 0 Å².